The Kier molecular flexibility index (Phi) is 9.47. The van der Waals surface area contributed by atoms with E-state index in [2.05, 4.69) is 29.6 Å². The molecule has 4 aromatic carbocycles. The van der Waals surface area contributed by atoms with Gasteiger partial charge < -0.3 is 10.2 Å². The molecule has 194 valence electrons. The molecule has 0 saturated carbocycles. The fourth-order valence-corrected chi connectivity index (χ4v) is 4.91. The van der Waals surface area contributed by atoms with Crippen LogP contribution in [0.4, 0.5) is 0 Å². The summed E-state index contributed by atoms with van der Waals surface area (Å²) in [7, 11) is 0. The van der Waals surface area contributed by atoms with Crippen LogP contribution in [0.2, 0.25) is 0 Å². The van der Waals surface area contributed by atoms with Gasteiger partial charge in [-0.05, 0) is 41.7 Å². The molecule has 0 spiro atoms. The van der Waals surface area contributed by atoms with Crippen LogP contribution in [0.25, 0.3) is 0 Å². The fraction of sp³-hybridized carbons (Fsp3) is 0.235. The van der Waals surface area contributed by atoms with Gasteiger partial charge in [-0.3, -0.25) is 9.59 Å². The summed E-state index contributed by atoms with van der Waals surface area (Å²) >= 11 is 0. The van der Waals surface area contributed by atoms with Crippen molar-refractivity contribution in [3.63, 3.8) is 0 Å². The minimum absolute atomic E-state index is 0.0434. The zero-order chi connectivity index (χ0) is 26.7. The van der Waals surface area contributed by atoms with E-state index in [1.165, 1.54) is 0 Å². The minimum atomic E-state index is -0.628. The lowest BCUT2D eigenvalue weighted by Gasteiger charge is -2.33. The number of nitrogens with zero attached hydrogens (tertiary/aromatic N) is 1. The van der Waals surface area contributed by atoms with Gasteiger partial charge >= 0.3 is 0 Å². The summed E-state index contributed by atoms with van der Waals surface area (Å²) in [5.74, 6) is -0.289. The number of hydrogen-bond donors (Lipinski definition) is 1. The lowest BCUT2D eigenvalue weighted by atomic mass is 9.87. The molecule has 0 bridgehead atoms. The van der Waals surface area contributed by atoms with Crippen molar-refractivity contribution in [2.75, 3.05) is 6.54 Å². The molecule has 4 nitrogen and oxygen atoms in total. The number of benzene rings is 4. The SMILES string of the molecule is CCNC(=O)[C@H](Cc1ccccc1)N(Cc1ccccc1C)C(=O)CC(c1ccccc1)c1ccccc1. The second kappa shape index (κ2) is 13.4. The molecule has 0 aliphatic rings. The van der Waals surface area contributed by atoms with Crippen LogP contribution in [0.1, 0.15) is 47.1 Å². The monoisotopic (exact) mass is 504 g/mol. The number of hydrogen-bond acceptors (Lipinski definition) is 2. The number of carbonyl (C=O) groups is 2. The van der Waals surface area contributed by atoms with E-state index in [0.717, 1.165) is 27.8 Å². The van der Waals surface area contributed by atoms with E-state index in [1.807, 2.05) is 105 Å². The van der Waals surface area contributed by atoms with Crippen molar-refractivity contribution in [2.45, 2.75) is 45.2 Å². The molecule has 0 aliphatic heterocycles. The van der Waals surface area contributed by atoms with Crippen molar-refractivity contribution in [3.05, 3.63) is 143 Å². The molecule has 0 aromatic heterocycles. The topological polar surface area (TPSA) is 49.4 Å². The Morgan fingerprint density at radius 1 is 0.737 bits per heavy atom. The van der Waals surface area contributed by atoms with E-state index in [9.17, 15) is 9.59 Å². The molecule has 0 fully saturated rings. The van der Waals surface area contributed by atoms with Gasteiger partial charge in [-0.1, -0.05) is 115 Å². The molecule has 0 unspecified atom stereocenters. The first-order valence-electron chi connectivity index (χ1n) is 13.3. The van der Waals surface area contributed by atoms with Crippen LogP contribution in [-0.4, -0.2) is 29.3 Å². The Bertz CT molecular complexity index is 1270. The quantitative estimate of drug-likeness (QED) is 0.261. The van der Waals surface area contributed by atoms with E-state index in [1.54, 1.807) is 4.90 Å². The molecule has 2 amide bonds. The van der Waals surface area contributed by atoms with Crippen LogP contribution >= 0.6 is 0 Å². The van der Waals surface area contributed by atoms with Crippen molar-refractivity contribution in [1.82, 2.24) is 10.2 Å². The maximum atomic E-state index is 14.3. The van der Waals surface area contributed by atoms with Crippen molar-refractivity contribution < 1.29 is 9.59 Å². The molecule has 0 aliphatic carbocycles. The van der Waals surface area contributed by atoms with Crippen molar-refractivity contribution in [1.29, 1.82) is 0 Å². The first-order valence-corrected chi connectivity index (χ1v) is 13.3. The Labute approximate surface area is 226 Å². The van der Waals surface area contributed by atoms with Crippen LogP contribution < -0.4 is 5.32 Å². The van der Waals surface area contributed by atoms with Crippen LogP contribution in [0.15, 0.2) is 115 Å². The largest absolute Gasteiger partial charge is 0.355 e. The predicted octanol–water partition coefficient (Wildman–Crippen LogP) is 6.29. The third kappa shape index (κ3) is 6.98. The number of amides is 2. The highest BCUT2D eigenvalue weighted by molar-refractivity contribution is 5.88. The van der Waals surface area contributed by atoms with Crippen molar-refractivity contribution in [3.8, 4) is 0 Å². The number of carbonyl (C=O) groups excluding carboxylic acids is 2. The third-order valence-corrected chi connectivity index (χ3v) is 7.01. The molecule has 4 rings (SSSR count). The molecule has 1 N–H and O–H groups in total. The average Bonchev–Trinajstić information content (AvgIpc) is 2.96. The van der Waals surface area contributed by atoms with Gasteiger partial charge in [-0.15, -0.1) is 0 Å². The third-order valence-electron chi connectivity index (χ3n) is 7.01. The molecule has 0 heterocycles. The van der Waals surface area contributed by atoms with Crippen LogP contribution in [-0.2, 0) is 22.6 Å². The highest BCUT2D eigenvalue weighted by atomic mass is 16.2. The van der Waals surface area contributed by atoms with Gasteiger partial charge in [-0.25, -0.2) is 0 Å². The highest BCUT2D eigenvalue weighted by Crippen LogP contribution is 2.30. The van der Waals surface area contributed by atoms with Crippen LogP contribution in [0.3, 0.4) is 0 Å². The van der Waals surface area contributed by atoms with Gasteiger partial charge in [0.1, 0.15) is 6.04 Å². The summed E-state index contributed by atoms with van der Waals surface area (Å²) in [6.45, 7) is 4.84. The van der Waals surface area contributed by atoms with E-state index in [4.69, 9.17) is 0 Å². The summed E-state index contributed by atoms with van der Waals surface area (Å²) in [6, 6.07) is 37.7. The predicted molar refractivity (Wildman–Crippen MR) is 154 cm³/mol. The van der Waals surface area contributed by atoms with Gasteiger partial charge in [0.2, 0.25) is 11.8 Å². The number of likely N-dealkylation sites (N-methyl/N-ethyl adjacent to an activating group) is 1. The summed E-state index contributed by atoms with van der Waals surface area (Å²) in [5.41, 5.74) is 5.33. The second-order valence-corrected chi connectivity index (χ2v) is 9.63. The van der Waals surface area contributed by atoms with E-state index in [0.29, 0.717) is 19.5 Å². The summed E-state index contributed by atoms with van der Waals surface area (Å²) in [4.78, 5) is 29.6. The Hall–Kier alpha value is -4.18. The van der Waals surface area contributed by atoms with Gasteiger partial charge in [0.25, 0.3) is 0 Å². The normalized spacial score (nSPS) is 11.7. The van der Waals surface area contributed by atoms with E-state index in [-0.39, 0.29) is 24.2 Å². The second-order valence-electron chi connectivity index (χ2n) is 9.63. The first-order chi connectivity index (χ1) is 18.6. The average molecular weight is 505 g/mol. The maximum absolute atomic E-state index is 14.3. The highest BCUT2D eigenvalue weighted by Gasteiger charge is 2.32. The van der Waals surface area contributed by atoms with Gasteiger partial charge in [0, 0.05) is 31.8 Å². The molecular weight excluding hydrogens is 468 g/mol. The Morgan fingerprint density at radius 2 is 1.26 bits per heavy atom. The molecule has 1 atom stereocenters. The lowest BCUT2D eigenvalue weighted by Crippen LogP contribution is -2.50. The summed E-state index contributed by atoms with van der Waals surface area (Å²) < 4.78 is 0. The molecular formula is C34H36N2O2. The van der Waals surface area contributed by atoms with Crippen molar-refractivity contribution >= 4 is 11.8 Å². The van der Waals surface area contributed by atoms with Gasteiger partial charge in [0.05, 0.1) is 0 Å². The Balaban J connectivity index is 1.73. The Morgan fingerprint density at radius 3 is 1.82 bits per heavy atom. The maximum Gasteiger partial charge on any atom is 0.243 e. The van der Waals surface area contributed by atoms with Crippen LogP contribution in [0.5, 0.6) is 0 Å². The first kappa shape index (κ1) is 26.9. The molecule has 4 aromatic rings. The standard InChI is InChI=1S/C34H36N2O2/c1-3-35-34(38)32(23-27-16-7-4-8-17-27)36(25-30-22-14-13-15-26(30)2)33(37)24-31(28-18-9-5-10-19-28)29-20-11-6-12-21-29/h4-22,31-32H,3,23-25H2,1-2H3,(H,35,38)/t32-/m0/s1. The fourth-order valence-electron chi connectivity index (χ4n) is 4.91. The number of aryl methyl sites for hydroxylation is 1. The number of nitrogens with one attached hydrogen (secondary N) is 1. The summed E-state index contributed by atoms with van der Waals surface area (Å²) in [5, 5.41) is 2.99. The van der Waals surface area contributed by atoms with E-state index < -0.39 is 6.04 Å². The molecule has 0 saturated heterocycles. The smallest absolute Gasteiger partial charge is 0.243 e. The molecule has 4 heteroatoms. The molecule has 38 heavy (non-hydrogen) atoms. The van der Waals surface area contributed by atoms with Crippen LogP contribution in [0, 0.1) is 6.92 Å². The lowest BCUT2D eigenvalue weighted by molar-refractivity contribution is -0.141. The minimum Gasteiger partial charge on any atom is -0.355 e. The number of rotatable bonds is 11. The molecule has 0 radical (unpaired) electrons. The van der Waals surface area contributed by atoms with Gasteiger partial charge in [0.15, 0.2) is 0 Å². The zero-order valence-electron chi connectivity index (χ0n) is 22.2. The van der Waals surface area contributed by atoms with Crippen molar-refractivity contribution in [2.24, 2.45) is 0 Å². The summed E-state index contributed by atoms with van der Waals surface area (Å²) in [6.07, 6.45) is 0.718. The zero-order valence-corrected chi connectivity index (χ0v) is 22.2. The van der Waals surface area contributed by atoms with E-state index >= 15 is 0 Å². The van der Waals surface area contributed by atoms with Gasteiger partial charge in [-0.2, -0.15) is 0 Å².